The zero-order chi connectivity index (χ0) is 13.7. The number of aromatic nitrogens is 2. The zero-order valence-corrected chi connectivity index (χ0v) is 11.7. The number of aryl methyl sites for hydroxylation is 1. The molecule has 2 aromatic heterocycles. The highest BCUT2D eigenvalue weighted by Gasteiger charge is 2.07. The van der Waals surface area contributed by atoms with Gasteiger partial charge in [0.05, 0.1) is 6.54 Å². The topological polar surface area (TPSA) is 54.2 Å². The second-order valence-corrected chi connectivity index (χ2v) is 4.56. The van der Waals surface area contributed by atoms with Gasteiger partial charge in [-0.05, 0) is 25.5 Å². The van der Waals surface area contributed by atoms with Crippen LogP contribution in [0.3, 0.4) is 0 Å². The predicted molar refractivity (Wildman–Crippen MR) is 76.4 cm³/mol. The third-order valence-corrected chi connectivity index (χ3v) is 2.79. The largest absolute Gasteiger partial charge is 0.464 e. The molecule has 0 atom stereocenters. The van der Waals surface area contributed by atoms with Gasteiger partial charge in [0.1, 0.15) is 29.5 Å². The zero-order valence-electron chi connectivity index (χ0n) is 11.7. The second-order valence-electron chi connectivity index (χ2n) is 4.56. The Labute approximate surface area is 113 Å². The number of nitrogens with zero attached hydrogens (tertiary/aromatic N) is 3. The van der Waals surface area contributed by atoms with Crippen LogP contribution in [0.15, 0.2) is 28.9 Å². The molecule has 2 aromatic rings. The van der Waals surface area contributed by atoms with Crippen LogP contribution in [-0.4, -0.2) is 23.6 Å². The van der Waals surface area contributed by atoms with E-state index in [1.807, 2.05) is 37.1 Å². The van der Waals surface area contributed by atoms with E-state index in [1.54, 1.807) is 6.33 Å². The Morgan fingerprint density at radius 1 is 1.32 bits per heavy atom. The average molecular weight is 260 g/mol. The van der Waals surface area contributed by atoms with Gasteiger partial charge in [0.15, 0.2) is 0 Å². The van der Waals surface area contributed by atoms with E-state index in [1.165, 1.54) is 0 Å². The van der Waals surface area contributed by atoms with Crippen LogP contribution in [-0.2, 0) is 6.54 Å². The summed E-state index contributed by atoms with van der Waals surface area (Å²) in [4.78, 5) is 10.5. The summed E-state index contributed by atoms with van der Waals surface area (Å²) >= 11 is 0. The minimum absolute atomic E-state index is 0.693. The van der Waals surface area contributed by atoms with Crippen molar-refractivity contribution in [3.63, 3.8) is 0 Å². The van der Waals surface area contributed by atoms with Crippen molar-refractivity contribution < 1.29 is 4.42 Å². The molecule has 0 saturated heterocycles. The molecule has 0 aliphatic heterocycles. The standard InChI is InChI=1S/C14H20N4O/c1-4-7-15-13-8-14(17-10-16-13)18(3)9-12-6-5-11(2)19-12/h5-6,8,10H,4,7,9H2,1-3H3,(H,15,16,17). The highest BCUT2D eigenvalue weighted by atomic mass is 16.3. The molecule has 102 valence electrons. The average Bonchev–Trinajstić information content (AvgIpc) is 2.82. The molecular weight excluding hydrogens is 240 g/mol. The summed E-state index contributed by atoms with van der Waals surface area (Å²) in [5, 5.41) is 3.26. The molecule has 1 N–H and O–H groups in total. The van der Waals surface area contributed by atoms with Crippen molar-refractivity contribution in [2.24, 2.45) is 0 Å². The SMILES string of the molecule is CCCNc1cc(N(C)Cc2ccc(C)o2)ncn1. The minimum Gasteiger partial charge on any atom is -0.464 e. The van der Waals surface area contributed by atoms with Crippen LogP contribution < -0.4 is 10.2 Å². The highest BCUT2D eigenvalue weighted by Crippen LogP contribution is 2.16. The summed E-state index contributed by atoms with van der Waals surface area (Å²) < 4.78 is 5.57. The summed E-state index contributed by atoms with van der Waals surface area (Å²) in [7, 11) is 1.99. The molecular formula is C14H20N4O. The predicted octanol–water partition coefficient (Wildman–Crippen LogP) is 2.84. The lowest BCUT2D eigenvalue weighted by atomic mass is 10.4. The number of hydrogen-bond acceptors (Lipinski definition) is 5. The highest BCUT2D eigenvalue weighted by molar-refractivity contribution is 5.47. The van der Waals surface area contributed by atoms with E-state index in [0.29, 0.717) is 6.54 Å². The van der Waals surface area contributed by atoms with Crippen molar-refractivity contribution in [3.05, 3.63) is 36.0 Å². The minimum atomic E-state index is 0.693. The van der Waals surface area contributed by atoms with Gasteiger partial charge in [-0.1, -0.05) is 6.92 Å². The maximum Gasteiger partial charge on any atom is 0.134 e. The fourth-order valence-electron chi connectivity index (χ4n) is 1.79. The first kappa shape index (κ1) is 13.4. The third-order valence-electron chi connectivity index (χ3n) is 2.79. The Balaban J connectivity index is 2.03. The van der Waals surface area contributed by atoms with Crippen molar-refractivity contribution in [2.75, 3.05) is 23.8 Å². The number of rotatable bonds is 6. The quantitative estimate of drug-likeness (QED) is 0.865. The molecule has 2 heterocycles. The molecule has 0 spiro atoms. The molecule has 0 bridgehead atoms. The van der Waals surface area contributed by atoms with Crippen LogP contribution in [0, 0.1) is 6.92 Å². The van der Waals surface area contributed by atoms with E-state index >= 15 is 0 Å². The first-order valence-electron chi connectivity index (χ1n) is 6.51. The maximum absolute atomic E-state index is 5.57. The molecule has 0 unspecified atom stereocenters. The van der Waals surface area contributed by atoms with Crippen molar-refractivity contribution in [2.45, 2.75) is 26.8 Å². The van der Waals surface area contributed by atoms with Crippen LogP contribution in [0.25, 0.3) is 0 Å². The molecule has 0 aliphatic carbocycles. The molecule has 5 heteroatoms. The van der Waals surface area contributed by atoms with Gasteiger partial charge in [-0.15, -0.1) is 0 Å². The van der Waals surface area contributed by atoms with Gasteiger partial charge in [-0.2, -0.15) is 0 Å². The van der Waals surface area contributed by atoms with Crippen molar-refractivity contribution in [3.8, 4) is 0 Å². The molecule has 0 amide bonds. The van der Waals surface area contributed by atoms with Gasteiger partial charge in [0, 0.05) is 19.7 Å². The summed E-state index contributed by atoms with van der Waals surface area (Å²) in [5.74, 6) is 3.59. The molecule has 0 aromatic carbocycles. The number of furan rings is 1. The molecule has 0 aliphatic rings. The van der Waals surface area contributed by atoms with Gasteiger partial charge in [-0.3, -0.25) is 0 Å². The first-order chi connectivity index (χ1) is 9.19. The molecule has 0 saturated carbocycles. The van der Waals surface area contributed by atoms with Crippen LogP contribution in [0.2, 0.25) is 0 Å². The molecule has 5 nitrogen and oxygen atoms in total. The van der Waals surface area contributed by atoms with Gasteiger partial charge < -0.3 is 14.6 Å². The van der Waals surface area contributed by atoms with E-state index < -0.39 is 0 Å². The van der Waals surface area contributed by atoms with Crippen LogP contribution in [0.5, 0.6) is 0 Å². The number of anilines is 2. The van der Waals surface area contributed by atoms with Gasteiger partial charge in [0.25, 0.3) is 0 Å². The normalized spacial score (nSPS) is 10.5. The van der Waals surface area contributed by atoms with Crippen LogP contribution in [0.4, 0.5) is 11.6 Å². The summed E-state index contributed by atoms with van der Waals surface area (Å²) in [6.07, 6.45) is 2.65. The second kappa shape index (κ2) is 6.22. The maximum atomic E-state index is 5.57. The Hall–Kier alpha value is -2.04. The van der Waals surface area contributed by atoms with Crippen molar-refractivity contribution in [1.82, 2.24) is 9.97 Å². The van der Waals surface area contributed by atoms with Crippen molar-refractivity contribution >= 4 is 11.6 Å². The fraction of sp³-hybridized carbons (Fsp3) is 0.429. The van der Waals surface area contributed by atoms with Gasteiger partial charge >= 0.3 is 0 Å². The van der Waals surface area contributed by atoms with E-state index in [0.717, 1.165) is 36.1 Å². The number of hydrogen-bond donors (Lipinski definition) is 1. The first-order valence-corrected chi connectivity index (χ1v) is 6.51. The van der Waals surface area contributed by atoms with E-state index in [9.17, 15) is 0 Å². The lowest BCUT2D eigenvalue weighted by Crippen LogP contribution is -2.17. The van der Waals surface area contributed by atoms with E-state index in [4.69, 9.17) is 4.42 Å². The fourth-order valence-corrected chi connectivity index (χ4v) is 1.79. The molecule has 0 fully saturated rings. The summed E-state index contributed by atoms with van der Waals surface area (Å²) in [6.45, 7) is 5.68. The monoisotopic (exact) mass is 260 g/mol. The Kier molecular flexibility index (Phi) is 4.39. The third kappa shape index (κ3) is 3.71. The number of nitrogens with one attached hydrogen (secondary N) is 1. The smallest absolute Gasteiger partial charge is 0.134 e. The molecule has 2 rings (SSSR count). The summed E-state index contributed by atoms with van der Waals surface area (Å²) in [5.41, 5.74) is 0. The van der Waals surface area contributed by atoms with E-state index in [2.05, 4.69) is 22.2 Å². The Bertz CT molecular complexity index is 524. The lowest BCUT2D eigenvalue weighted by Gasteiger charge is -2.17. The van der Waals surface area contributed by atoms with Gasteiger partial charge in [-0.25, -0.2) is 9.97 Å². The van der Waals surface area contributed by atoms with Crippen molar-refractivity contribution in [1.29, 1.82) is 0 Å². The van der Waals surface area contributed by atoms with E-state index in [-0.39, 0.29) is 0 Å². The molecule has 19 heavy (non-hydrogen) atoms. The van der Waals surface area contributed by atoms with Crippen LogP contribution in [0.1, 0.15) is 24.9 Å². The Morgan fingerprint density at radius 2 is 2.16 bits per heavy atom. The van der Waals surface area contributed by atoms with Gasteiger partial charge in [0.2, 0.25) is 0 Å². The Morgan fingerprint density at radius 3 is 2.84 bits per heavy atom. The van der Waals surface area contributed by atoms with Crippen LogP contribution >= 0.6 is 0 Å². The molecule has 0 radical (unpaired) electrons. The lowest BCUT2D eigenvalue weighted by molar-refractivity contribution is 0.481. The summed E-state index contributed by atoms with van der Waals surface area (Å²) in [6, 6.07) is 5.91.